The summed E-state index contributed by atoms with van der Waals surface area (Å²) in [7, 11) is 0. The molecule has 2 aromatic rings. The van der Waals surface area contributed by atoms with Crippen LogP contribution < -0.4 is 0 Å². The lowest BCUT2D eigenvalue weighted by atomic mass is 10.0. The van der Waals surface area contributed by atoms with Crippen LogP contribution in [-0.2, 0) is 6.42 Å². The fourth-order valence-electron chi connectivity index (χ4n) is 1.96. The number of benzene rings is 1. The molecule has 0 unspecified atom stereocenters. The van der Waals surface area contributed by atoms with Crippen molar-refractivity contribution < 1.29 is 0 Å². The third kappa shape index (κ3) is 2.56. The van der Waals surface area contributed by atoms with Crippen LogP contribution in [0.3, 0.4) is 0 Å². The third-order valence-electron chi connectivity index (χ3n) is 2.96. The van der Waals surface area contributed by atoms with Crippen molar-refractivity contribution in [2.24, 2.45) is 0 Å². The van der Waals surface area contributed by atoms with Gasteiger partial charge in [0.05, 0.1) is 5.69 Å². The molecule has 0 aliphatic carbocycles. The van der Waals surface area contributed by atoms with E-state index in [1.165, 1.54) is 5.56 Å². The molecule has 0 fully saturated rings. The maximum Gasteiger partial charge on any atom is 0.229 e. The van der Waals surface area contributed by atoms with Gasteiger partial charge in [-0.05, 0) is 41.6 Å². The molecule has 0 saturated heterocycles. The van der Waals surface area contributed by atoms with Crippen LogP contribution in [0.1, 0.15) is 44.5 Å². The first-order valence-corrected chi connectivity index (χ1v) is 6.71. The molecule has 18 heavy (non-hydrogen) atoms. The average molecular weight is 264 g/mol. The van der Waals surface area contributed by atoms with Crippen LogP contribution in [0.5, 0.6) is 0 Å². The summed E-state index contributed by atoms with van der Waals surface area (Å²) < 4.78 is 1.93. The van der Waals surface area contributed by atoms with Gasteiger partial charge in [-0.3, -0.25) is 4.57 Å². The SMILES string of the molecule is CCCc1nnc(Cl)n1-c1cccc(C(C)C)c1. The zero-order valence-corrected chi connectivity index (χ0v) is 11.8. The second-order valence-corrected chi connectivity index (χ2v) is 5.06. The first-order chi connectivity index (χ1) is 8.63. The van der Waals surface area contributed by atoms with Crippen LogP contribution in [0, 0.1) is 0 Å². The van der Waals surface area contributed by atoms with E-state index in [2.05, 4.69) is 49.2 Å². The molecule has 0 saturated carbocycles. The van der Waals surface area contributed by atoms with Crippen LogP contribution in [-0.4, -0.2) is 14.8 Å². The van der Waals surface area contributed by atoms with Crippen LogP contribution in [0.15, 0.2) is 24.3 Å². The minimum Gasteiger partial charge on any atom is -0.270 e. The van der Waals surface area contributed by atoms with E-state index in [-0.39, 0.29) is 0 Å². The lowest BCUT2D eigenvalue weighted by Crippen LogP contribution is -2.02. The fraction of sp³-hybridized carbons (Fsp3) is 0.429. The average Bonchev–Trinajstić information content (AvgIpc) is 2.71. The van der Waals surface area contributed by atoms with Crippen LogP contribution in [0.4, 0.5) is 0 Å². The number of halogens is 1. The number of aromatic nitrogens is 3. The molecular formula is C14H18ClN3. The number of nitrogens with zero attached hydrogens (tertiary/aromatic N) is 3. The molecule has 1 aromatic carbocycles. The highest BCUT2D eigenvalue weighted by Crippen LogP contribution is 2.22. The van der Waals surface area contributed by atoms with E-state index in [4.69, 9.17) is 11.6 Å². The minimum atomic E-state index is 0.430. The zero-order chi connectivity index (χ0) is 13.1. The van der Waals surface area contributed by atoms with Gasteiger partial charge in [-0.1, -0.05) is 32.9 Å². The van der Waals surface area contributed by atoms with E-state index in [0.717, 1.165) is 24.4 Å². The van der Waals surface area contributed by atoms with Crippen molar-refractivity contribution in [1.29, 1.82) is 0 Å². The van der Waals surface area contributed by atoms with Gasteiger partial charge in [0, 0.05) is 6.42 Å². The standard InChI is InChI=1S/C14H18ClN3/c1-4-6-13-16-17-14(15)18(13)12-8-5-7-11(9-12)10(2)3/h5,7-10H,4,6H2,1-3H3. The quantitative estimate of drug-likeness (QED) is 0.835. The third-order valence-corrected chi connectivity index (χ3v) is 3.20. The summed E-state index contributed by atoms with van der Waals surface area (Å²) in [4.78, 5) is 0. The molecule has 0 N–H and O–H groups in total. The number of hydrogen-bond acceptors (Lipinski definition) is 2. The Hall–Kier alpha value is -1.35. The van der Waals surface area contributed by atoms with Crippen molar-refractivity contribution in [3.05, 3.63) is 40.9 Å². The Bertz CT molecular complexity index is 532. The van der Waals surface area contributed by atoms with Gasteiger partial charge in [-0.2, -0.15) is 0 Å². The minimum absolute atomic E-state index is 0.430. The molecule has 0 aliphatic rings. The largest absolute Gasteiger partial charge is 0.270 e. The molecule has 1 heterocycles. The Morgan fingerprint density at radius 2 is 2.06 bits per heavy atom. The maximum atomic E-state index is 6.14. The normalized spacial score (nSPS) is 11.2. The van der Waals surface area contributed by atoms with Gasteiger partial charge >= 0.3 is 0 Å². The highest BCUT2D eigenvalue weighted by molar-refractivity contribution is 6.28. The van der Waals surface area contributed by atoms with Gasteiger partial charge < -0.3 is 0 Å². The smallest absolute Gasteiger partial charge is 0.229 e. The highest BCUT2D eigenvalue weighted by atomic mass is 35.5. The summed E-state index contributed by atoms with van der Waals surface area (Å²) in [5.41, 5.74) is 2.33. The lowest BCUT2D eigenvalue weighted by molar-refractivity contribution is 0.799. The van der Waals surface area contributed by atoms with E-state index in [1.54, 1.807) is 0 Å². The summed E-state index contributed by atoms with van der Waals surface area (Å²) in [6.45, 7) is 6.48. The second-order valence-electron chi connectivity index (χ2n) is 4.72. The summed E-state index contributed by atoms with van der Waals surface area (Å²) in [5.74, 6) is 1.42. The molecule has 2 rings (SSSR count). The Kier molecular flexibility index (Phi) is 4.02. The molecule has 0 aliphatic heterocycles. The van der Waals surface area contributed by atoms with Crippen molar-refractivity contribution in [2.75, 3.05) is 0 Å². The Morgan fingerprint density at radius 3 is 2.72 bits per heavy atom. The van der Waals surface area contributed by atoms with Gasteiger partial charge in [0.15, 0.2) is 0 Å². The van der Waals surface area contributed by atoms with E-state index in [0.29, 0.717) is 11.2 Å². The van der Waals surface area contributed by atoms with Crippen LogP contribution in [0.2, 0.25) is 5.28 Å². The molecule has 0 radical (unpaired) electrons. The van der Waals surface area contributed by atoms with Crippen molar-refractivity contribution in [3.63, 3.8) is 0 Å². The number of rotatable bonds is 4. The maximum absolute atomic E-state index is 6.14. The Labute approximate surface area is 113 Å². The first kappa shape index (κ1) is 13.1. The predicted molar refractivity (Wildman–Crippen MR) is 74.5 cm³/mol. The molecular weight excluding hydrogens is 246 g/mol. The second kappa shape index (κ2) is 5.53. The number of hydrogen-bond donors (Lipinski definition) is 0. The lowest BCUT2D eigenvalue weighted by Gasteiger charge is -2.11. The van der Waals surface area contributed by atoms with Gasteiger partial charge in [0.1, 0.15) is 5.82 Å². The van der Waals surface area contributed by atoms with Crippen molar-refractivity contribution >= 4 is 11.6 Å². The molecule has 4 heteroatoms. The van der Waals surface area contributed by atoms with E-state index in [9.17, 15) is 0 Å². The van der Waals surface area contributed by atoms with Gasteiger partial charge in [-0.15, -0.1) is 10.2 Å². The summed E-state index contributed by atoms with van der Waals surface area (Å²) in [6.07, 6.45) is 1.91. The molecule has 0 atom stereocenters. The van der Waals surface area contributed by atoms with Crippen molar-refractivity contribution in [1.82, 2.24) is 14.8 Å². The van der Waals surface area contributed by atoms with E-state index in [1.807, 2.05) is 10.6 Å². The Morgan fingerprint density at radius 1 is 1.28 bits per heavy atom. The summed E-state index contributed by atoms with van der Waals surface area (Å²) >= 11 is 6.14. The predicted octanol–water partition coefficient (Wildman–Crippen LogP) is 4.00. The summed E-state index contributed by atoms with van der Waals surface area (Å²) in [5, 5.41) is 8.53. The molecule has 0 spiro atoms. The highest BCUT2D eigenvalue weighted by Gasteiger charge is 2.12. The molecule has 0 amide bonds. The topological polar surface area (TPSA) is 30.7 Å². The van der Waals surface area contributed by atoms with Crippen molar-refractivity contribution in [2.45, 2.75) is 39.5 Å². The van der Waals surface area contributed by atoms with E-state index >= 15 is 0 Å². The molecule has 1 aromatic heterocycles. The van der Waals surface area contributed by atoms with Crippen LogP contribution >= 0.6 is 11.6 Å². The van der Waals surface area contributed by atoms with Crippen LogP contribution in [0.25, 0.3) is 5.69 Å². The van der Waals surface area contributed by atoms with E-state index < -0.39 is 0 Å². The van der Waals surface area contributed by atoms with Crippen molar-refractivity contribution in [3.8, 4) is 5.69 Å². The molecule has 3 nitrogen and oxygen atoms in total. The molecule has 0 bridgehead atoms. The number of aryl methyl sites for hydroxylation is 1. The first-order valence-electron chi connectivity index (χ1n) is 6.33. The van der Waals surface area contributed by atoms with Gasteiger partial charge in [0.25, 0.3) is 0 Å². The fourth-order valence-corrected chi connectivity index (χ4v) is 2.19. The molecule has 96 valence electrons. The monoisotopic (exact) mass is 263 g/mol. The zero-order valence-electron chi connectivity index (χ0n) is 11.0. The van der Waals surface area contributed by atoms with Gasteiger partial charge in [-0.25, -0.2) is 0 Å². The van der Waals surface area contributed by atoms with Gasteiger partial charge in [0.2, 0.25) is 5.28 Å². The Balaban J connectivity index is 2.47. The summed E-state index contributed by atoms with van der Waals surface area (Å²) in [6, 6.07) is 8.38.